The van der Waals surface area contributed by atoms with Crippen molar-refractivity contribution in [1.29, 1.82) is 0 Å². The van der Waals surface area contributed by atoms with Crippen molar-refractivity contribution in [3.8, 4) is 0 Å². The normalized spacial score (nSPS) is 14.0. The highest BCUT2D eigenvalue weighted by Gasteiger charge is 2.14. The number of hydrogen-bond acceptors (Lipinski definition) is 5. The van der Waals surface area contributed by atoms with Gasteiger partial charge in [-0.05, 0) is 43.0 Å². The van der Waals surface area contributed by atoms with E-state index in [0.29, 0.717) is 5.69 Å². The van der Waals surface area contributed by atoms with Crippen LogP contribution in [0.2, 0.25) is 0 Å². The van der Waals surface area contributed by atoms with Gasteiger partial charge in [-0.15, -0.1) is 0 Å². The van der Waals surface area contributed by atoms with Crippen LogP contribution in [0.3, 0.4) is 0 Å². The van der Waals surface area contributed by atoms with E-state index in [1.54, 1.807) is 6.07 Å². The maximum Gasteiger partial charge on any atom is 0.305 e. The molecular formula is C14H20N2O4S. The molecule has 1 heterocycles. The zero-order valence-corrected chi connectivity index (χ0v) is 12.8. The molecule has 6 nitrogen and oxygen atoms in total. The zero-order chi connectivity index (χ0) is 15.3. The maximum atomic E-state index is 12.0. The van der Waals surface area contributed by atoms with E-state index in [1.807, 2.05) is 12.1 Å². The number of sulfonamides is 1. The fraction of sp³-hybridized carbons (Fsp3) is 0.500. The number of fused-ring (bicyclic) bond motifs is 1. The number of benzene rings is 1. The van der Waals surface area contributed by atoms with Crippen molar-refractivity contribution in [2.75, 3.05) is 29.4 Å². The van der Waals surface area contributed by atoms with Crippen molar-refractivity contribution >= 4 is 27.4 Å². The van der Waals surface area contributed by atoms with Crippen LogP contribution in [0.25, 0.3) is 0 Å². The molecule has 0 spiro atoms. The molecule has 7 heteroatoms. The lowest BCUT2D eigenvalue weighted by Gasteiger charge is -2.19. The van der Waals surface area contributed by atoms with Gasteiger partial charge in [-0.2, -0.15) is 0 Å². The Morgan fingerprint density at radius 3 is 3.00 bits per heavy atom. The van der Waals surface area contributed by atoms with Crippen molar-refractivity contribution in [2.24, 2.45) is 0 Å². The third kappa shape index (κ3) is 4.63. The molecule has 21 heavy (non-hydrogen) atoms. The third-order valence-electron chi connectivity index (χ3n) is 3.34. The Hall–Kier alpha value is -1.76. The molecular weight excluding hydrogens is 292 g/mol. The topological polar surface area (TPSA) is 84.5 Å². The summed E-state index contributed by atoms with van der Waals surface area (Å²) in [6, 6.07) is 5.50. The van der Waals surface area contributed by atoms with E-state index in [1.165, 1.54) is 7.11 Å². The van der Waals surface area contributed by atoms with Gasteiger partial charge in [0.2, 0.25) is 10.0 Å². The molecule has 116 valence electrons. The van der Waals surface area contributed by atoms with E-state index in [-0.39, 0.29) is 18.6 Å². The average Bonchev–Trinajstić information content (AvgIpc) is 2.46. The fourth-order valence-corrected chi connectivity index (χ4v) is 3.39. The quantitative estimate of drug-likeness (QED) is 0.782. The summed E-state index contributed by atoms with van der Waals surface area (Å²) in [7, 11) is -2.16. The van der Waals surface area contributed by atoms with Crippen molar-refractivity contribution in [3.05, 3.63) is 23.8 Å². The lowest BCUT2D eigenvalue weighted by molar-refractivity contribution is -0.140. The Morgan fingerprint density at radius 2 is 2.24 bits per heavy atom. The van der Waals surface area contributed by atoms with E-state index < -0.39 is 16.0 Å². The third-order valence-corrected chi connectivity index (χ3v) is 4.71. The number of esters is 1. The maximum absolute atomic E-state index is 12.0. The number of aryl methyl sites for hydroxylation is 1. The first kappa shape index (κ1) is 15.6. The molecule has 0 radical (unpaired) electrons. The van der Waals surface area contributed by atoms with Gasteiger partial charge < -0.3 is 10.1 Å². The van der Waals surface area contributed by atoms with Crippen LogP contribution in [0, 0.1) is 0 Å². The lowest BCUT2D eigenvalue weighted by atomic mass is 10.0. The number of methoxy groups -OCH3 is 1. The van der Waals surface area contributed by atoms with Crippen molar-refractivity contribution in [3.63, 3.8) is 0 Å². The Kier molecular flexibility index (Phi) is 5.06. The molecule has 1 aliphatic rings. The highest BCUT2D eigenvalue weighted by Crippen LogP contribution is 2.25. The molecule has 1 aliphatic heterocycles. The summed E-state index contributed by atoms with van der Waals surface area (Å²) in [5, 5.41) is 3.28. The lowest BCUT2D eigenvalue weighted by Crippen LogP contribution is -2.18. The number of ether oxygens (including phenoxy) is 1. The monoisotopic (exact) mass is 312 g/mol. The van der Waals surface area contributed by atoms with Gasteiger partial charge >= 0.3 is 5.97 Å². The second-order valence-corrected chi connectivity index (χ2v) is 6.84. The van der Waals surface area contributed by atoms with Crippen LogP contribution in [0.1, 0.15) is 24.8 Å². The summed E-state index contributed by atoms with van der Waals surface area (Å²) < 4.78 is 31.0. The van der Waals surface area contributed by atoms with Gasteiger partial charge in [0.15, 0.2) is 0 Å². The molecule has 1 aromatic carbocycles. The summed E-state index contributed by atoms with van der Waals surface area (Å²) in [6.45, 7) is 0.950. The first-order valence-corrected chi connectivity index (χ1v) is 8.59. The molecule has 0 unspecified atom stereocenters. The van der Waals surface area contributed by atoms with Gasteiger partial charge in [0, 0.05) is 24.3 Å². The van der Waals surface area contributed by atoms with Crippen molar-refractivity contribution in [2.45, 2.75) is 25.7 Å². The molecule has 0 atom stereocenters. The number of carbonyl (C=O) groups is 1. The Balaban J connectivity index is 1.95. The summed E-state index contributed by atoms with van der Waals surface area (Å²) in [5.41, 5.74) is 2.75. The summed E-state index contributed by atoms with van der Waals surface area (Å²) in [5.74, 6) is -0.498. The smallest absolute Gasteiger partial charge is 0.305 e. The van der Waals surface area contributed by atoms with Gasteiger partial charge in [0.1, 0.15) is 0 Å². The van der Waals surface area contributed by atoms with Crippen LogP contribution in [-0.4, -0.2) is 33.8 Å². The van der Waals surface area contributed by atoms with Gasteiger partial charge in [0.25, 0.3) is 0 Å². The molecule has 0 saturated carbocycles. The predicted molar refractivity (Wildman–Crippen MR) is 81.9 cm³/mol. The van der Waals surface area contributed by atoms with Crippen LogP contribution < -0.4 is 10.0 Å². The molecule has 0 aliphatic carbocycles. The molecule has 2 rings (SSSR count). The molecule has 0 bridgehead atoms. The highest BCUT2D eigenvalue weighted by atomic mass is 32.2. The van der Waals surface area contributed by atoms with E-state index in [0.717, 1.165) is 30.6 Å². The SMILES string of the molecule is COC(=O)CCCS(=O)(=O)Nc1ccc2c(c1)CCCN2. The highest BCUT2D eigenvalue weighted by molar-refractivity contribution is 7.92. The van der Waals surface area contributed by atoms with Crippen molar-refractivity contribution < 1.29 is 17.9 Å². The van der Waals surface area contributed by atoms with Gasteiger partial charge in [-0.1, -0.05) is 0 Å². The second kappa shape index (κ2) is 6.80. The number of anilines is 2. The van der Waals surface area contributed by atoms with E-state index in [2.05, 4.69) is 14.8 Å². The number of rotatable bonds is 6. The molecule has 2 N–H and O–H groups in total. The van der Waals surface area contributed by atoms with Gasteiger partial charge in [0.05, 0.1) is 12.9 Å². The molecule has 0 saturated heterocycles. The second-order valence-electron chi connectivity index (χ2n) is 5.00. The van der Waals surface area contributed by atoms with Crippen LogP contribution >= 0.6 is 0 Å². The molecule has 0 aromatic heterocycles. The van der Waals surface area contributed by atoms with Crippen LogP contribution in [0.5, 0.6) is 0 Å². The summed E-state index contributed by atoms with van der Waals surface area (Å²) in [6.07, 6.45) is 2.34. The standard InChI is InChI=1S/C14H20N2O4S/c1-20-14(17)5-3-9-21(18,19)16-12-6-7-13-11(10-12)4-2-8-15-13/h6-7,10,15-16H,2-5,8-9H2,1H3. The van der Waals surface area contributed by atoms with Crippen LogP contribution in [0.4, 0.5) is 11.4 Å². The molecule has 0 fully saturated rings. The van der Waals surface area contributed by atoms with E-state index in [4.69, 9.17) is 0 Å². The van der Waals surface area contributed by atoms with E-state index in [9.17, 15) is 13.2 Å². The number of nitrogens with one attached hydrogen (secondary N) is 2. The first-order chi connectivity index (χ1) is 10.00. The zero-order valence-electron chi connectivity index (χ0n) is 12.0. The minimum absolute atomic E-state index is 0.0998. The predicted octanol–water partition coefficient (Wildman–Crippen LogP) is 1.74. The molecule has 0 amide bonds. The largest absolute Gasteiger partial charge is 0.469 e. The number of hydrogen-bond donors (Lipinski definition) is 2. The number of carbonyl (C=O) groups excluding carboxylic acids is 1. The first-order valence-electron chi connectivity index (χ1n) is 6.94. The summed E-state index contributed by atoms with van der Waals surface area (Å²) >= 11 is 0. The van der Waals surface area contributed by atoms with Gasteiger partial charge in [-0.3, -0.25) is 9.52 Å². The van der Waals surface area contributed by atoms with Gasteiger partial charge in [-0.25, -0.2) is 8.42 Å². The Labute approximate surface area is 124 Å². The van der Waals surface area contributed by atoms with Crippen molar-refractivity contribution in [1.82, 2.24) is 0 Å². The average molecular weight is 312 g/mol. The fourth-order valence-electron chi connectivity index (χ4n) is 2.28. The Morgan fingerprint density at radius 1 is 1.43 bits per heavy atom. The minimum atomic E-state index is -3.44. The molecule has 1 aromatic rings. The van der Waals surface area contributed by atoms with Crippen LogP contribution in [0.15, 0.2) is 18.2 Å². The summed E-state index contributed by atoms with van der Waals surface area (Å²) in [4.78, 5) is 11.0. The Bertz CT molecular complexity index is 613. The minimum Gasteiger partial charge on any atom is -0.469 e. The van der Waals surface area contributed by atoms with E-state index >= 15 is 0 Å². The van der Waals surface area contributed by atoms with Crippen LogP contribution in [-0.2, 0) is 26.0 Å².